The number of phosphoric acid groups is 1. The van der Waals surface area contributed by atoms with E-state index in [2.05, 4.69) is 20.5 Å². The Bertz CT molecular complexity index is 1090. The quantitative estimate of drug-likeness (QED) is 0.101. The van der Waals surface area contributed by atoms with Crippen molar-refractivity contribution in [1.82, 2.24) is 16.0 Å². The Balaban J connectivity index is 3.06. The maximum atomic E-state index is 13.5. The lowest BCUT2D eigenvalue weighted by molar-refractivity contribution is -0.133. The van der Waals surface area contributed by atoms with E-state index in [9.17, 15) is 23.7 Å². The molecular formula is C29H49N4O8P. The second kappa shape index (κ2) is 17.2. The van der Waals surface area contributed by atoms with Gasteiger partial charge in [-0.05, 0) is 42.4 Å². The number of hydrogen-bond donors (Lipinski definition) is 6. The molecule has 0 aromatic heterocycles. The smallest absolute Gasteiger partial charge is 0.404 e. The maximum Gasteiger partial charge on any atom is 0.524 e. The number of benzene rings is 1. The van der Waals surface area contributed by atoms with Gasteiger partial charge in [-0.15, -0.1) is 0 Å². The molecule has 1 aromatic carbocycles. The molecule has 4 unspecified atom stereocenters. The molecule has 0 saturated heterocycles. The van der Waals surface area contributed by atoms with E-state index in [1.807, 2.05) is 27.7 Å². The summed E-state index contributed by atoms with van der Waals surface area (Å²) in [5.74, 6) is -1.91. The normalized spacial score (nSPS) is 14.7. The topological polar surface area (TPSA) is 197 Å². The highest BCUT2D eigenvalue weighted by atomic mass is 31.2. The van der Waals surface area contributed by atoms with Crippen molar-refractivity contribution in [1.29, 1.82) is 0 Å². The predicted molar refractivity (Wildman–Crippen MR) is 160 cm³/mol. The van der Waals surface area contributed by atoms with Crippen LogP contribution in [0.25, 0.3) is 0 Å². The molecule has 7 N–H and O–H groups in total. The van der Waals surface area contributed by atoms with Crippen LogP contribution >= 0.6 is 7.82 Å². The molecule has 12 nitrogen and oxygen atoms in total. The van der Waals surface area contributed by atoms with Gasteiger partial charge in [-0.1, -0.05) is 72.9 Å². The molecule has 238 valence electrons. The molecule has 4 atom stereocenters. The summed E-state index contributed by atoms with van der Waals surface area (Å²) in [6.45, 7) is 11.5. The van der Waals surface area contributed by atoms with Crippen LogP contribution < -0.4 is 26.2 Å². The fourth-order valence-corrected chi connectivity index (χ4v) is 4.85. The number of rotatable bonds is 19. The fourth-order valence-electron chi connectivity index (χ4n) is 4.46. The molecule has 4 amide bonds. The van der Waals surface area contributed by atoms with E-state index in [1.165, 1.54) is 12.1 Å². The summed E-state index contributed by atoms with van der Waals surface area (Å²) < 4.78 is 15.7. The Morgan fingerprint density at radius 3 is 2.14 bits per heavy atom. The van der Waals surface area contributed by atoms with Gasteiger partial charge in [-0.3, -0.25) is 29.0 Å². The number of amides is 4. The van der Waals surface area contributed by atoms with Crippen LogP contribution in [0.1, 0.15) is 85.6 Å². The first kappa shape index (κ1) is 37.1. The SMILES string of the molecule is CCCCCC(=O)NC(Cc1ccc(OP(=O)(O)O)cc1)C(=O)NC(C(=O)NCC(C)CC(C)(C)C(N)=O)C(C)CC. The molecule has 0 aliphatic rings. The average molecular weight is 613 g/mol. The van der Waals surface area contributed by atoms with Crippen molar-refractivity contribution >= 4 is 31.5 Å². The van der Waals surface area contributed by atoms with Crippen molar-refractivity contribution in [2.45, 2.75) is 98.6 Å². The minimum absolute atomic E-state index is 0.0429. The number of hydrogen-bond acceptors (Lipinski definition) is 6. The van der Waals surface area contributed by atoms with Gasteiger partial charge in [0, 0.05) is 24.8 Å². The molecule has 13 heteroatoms. The van der Waals surface area contributed by atoms with Crippen molar-refractivity contribution < 1.29 is 38.1 Å². The van der Waals surface area contributed by atoms with Crippen LogP contribution in [0, 0.1) is 17.3 Å². The minimum Gasteiger partial charge on any atom is -0.404 e. The number of nitrogens with two attached hydrogens (primary N) is 1. The minimum atomic E-state index is -4.72. The molecule has 42 heavy (non-hydrogen) atoms. The van der Waals surface area contributed by atoms with Crippen LogP contribution in [0.3, 0.4) is 0 Å². The first-order valence-electron chi connectivity index (χ1n) is 14.5. The highest BCUT2D eigenvalue weighted by Gasteiger charge is 2.31. The van der Waals surface area contributed by atoms with Gasteiger partial charge < -0.3 is 26.2 Å². The van der Waals surface area contributed by atoms with Crippen LogP contribution in [-0.2, 0) is 30.2 Å². The third-order valence-electron chi connectivity index (χ3n) is 7.19. The number of unbranched alkanes of at least 4 members (excludes halogenated alkanes) is 2. The first-order chi connectivity index (χ1) is 19.5. The molecule has 1 rings (SSSR count). The van der Waals surface area contributed by atoms with Gasteiger partial charge in [0.2, 0.25) is 23.6 Å². The molecule has 0 fully saturated rings. The molecule has 0 bridgehead atoms. The van der Waals surface area contributed by atoms with Crippen molar-refractivity contribution in [3.05, 3.63) is 29.8 Å². The Labute approximate surface area is 249 Å². The van der Waals surface area contributed by atoms with Crippen LogP contribution in [-0.4, -0.2) is 52.0 Å². The second-order valence-electron chi connectivity index (χ2n) is 11.7. The zero-order valence-electron chi connectivity index (χ0n) is 25.6. The first-order valence-corrected chi connectivity index (χ1v) is 16.0. The molecule has 0 heterocycles. The third-order valence-corrected chi connectivity index (χ3v) is 7.64. The Kier molecular flexibility index (Phi) is 15.2. The van der Waals surface area contributed by atoms with Crippen LogP contribution in [0.2, 0.25) is 0 Å². The summed E-state index contributed by atoms with van der Waals surface area (Å²) >= 11 is 0. The lowest BCUT2D eigenvalue weighted by atomic mass is 9.82. The van der Waals surface area contributed by atoms with Crippen LogP contribution in [0.4, 0.5) is 0 Å². The van der Waals surface area contributed by atoms with Crippen molar-refractivity contribution in [2.75, 3.05) is 6.54 Å². The van der Waals surface area contributed by atoms with E-state index < -0.39 is 37.1 Å². The zero-order chi connectivity index (χ0) is 32.1. The summed E-state index contributed by atoms with van der Waals surface area (Å²) in [6.07, 6.45) is 3.90. The summed E-state index contributed by atoms with van der Waals surface area (Å²) in [5, 5.41) is 8.49. The fraction of sp³-hybridized carbons (Fsp3) is 0.655. The standard InChI is InChI=1S/C29H49N4O8P/c1-7-9-10-11-24(34)32-23(16-21-12-14-22(15-13-21)41-42(38,39)40)26(35)33-25(20(4)8-2)27(36)31-18-19(3)17-29(5,6)28(30)37/h12-15,19-20,23,25H,7-11,16-18H2,1-6H3,(H2,30,37)(H,31,36)(H,32,34)(H,33,35)(H2,38,39,40). The van der Waals surface area contributed by atoms with E-state index in [4.69, 9.17) is 15.5 Å². The number of phosphoric ester groups is 1. The largest absolute Gasteiger partial charge is 0.524 e. The highest BCUT2D eigenvalue weighted by molar-refractivity contribution is 7.46. The average Bonchev–Trinajstić information content (AvgIpc) is 2.89. The molecule has 1 aromatic rings. The van der Waals surface area contributed by atoms with Gasteiger partial charge in [0.25, 0.3) is 0 Å². The maximum absolute atomic E-state index is 13.5. The zero-order valence-corrected chi connectivity index (χ0v) is 26.5. The Morgan fingerprint density at radius 2 is 1.62 bits per heavy atom. The lowest BCUT2D eigenvalue weighted by Crippen LogP contribution is -2.56. The number of carbonyl (C=O) groups excluding carboxylic acids is 4. The van der Waals surface area contributed by atoms with Crippen molar-refractivity contribution in [3.8, 4) is 5.75 Å². The number of primary amides is 1. The van der Waals surface area contributed by atoms with E-state index in [1.54, 1.807) is 26.0 Å². The Morgan fingerprint density at radius 1 is 1.00 bits per heavy atom. The molecule has 0 aliphatic carbocycles. The van der Waals surface area contributed by atoms with Gasteiger partial charge in [-0.25, -0.2) is 4.57 Å². The number of carbonyl (C=O) groups is 4. The molecule has 0 saturated carbocycles. The van der Waals surface area contributed by atoms with Crippen LogP contribution in [0.5, 0.6) is 5.75 Å². The van der Waals surface area contributed by atoms with E-state index in [0.29, 0.717) is 31.4 Å². The van der Waals surface area contributed by atoms with E-state index in [-0.39, 0.29) is 42.2 Å². The summed E-state index contributed by atoms with van der Waals surface area (Å²) in [7, 11) is -4.72. The van der Waals surface area contributed by atoms with Gasteiger partial charge >= 0.3 is 7.82 Å². The summed E-state index contributed by atoms with van der Waals surface area (Å²) in [5.41, 5.74) is 5.36. The summed E-state index contributed by atoms with van der Waals surface area (Å²) in [4.78, 5) is 69.1. The van der Waals surface area contributed by atoms with Gasteiger partial charge in [0.05, 0.1) is 0 Å². The highest BCUT2D eigenvalue weighted by Crippen LogP contribution is 2.37. The Hall–Kier alpha value is -2.95. The molecule has 0 aliphatic heterocycles. The van der Waals surface area contributed by atoms with Gasteiger partial charge in [0.1, 0.15) is 17.8 Å². The van der Waals surface area contributed by atoms with Crippen molar-refractivity contribution in [3.63, 3.8) is 0 Å². The van der Waals surface area contributed by atoms with E-state index >= 15 is 0 Å². The number of nitrogens with one attached hydrogen (secondary N) is 3. The monoisotopic (exact) mass is 612 g/mol. The van der Waals surface area contributed by atoms with E-state index in [0.717, 1.165) is 12.8 Å². The molecule has 0 spiro atoms. The third kappa shape index (κ3) is 13.8. The summed E-state index contributed by atoms with van der Waals surface area (Å²) in [6, 6.07) is 3.95. The molecule has 0 radical (unpaired) electrons. The van der Waals surface area contributed by atoms with Gasteiger partial charge in [0.15, 0.2) is 0 Å². The van der Waals surface area contributed by atoms with Crippen LogP contribution in [0.15, 0.2) is 24.3 Å². The van der Waals surface area contributed by atoms with Crippen molar-refractivity contribution in [2.24, 2.45) is 23.0 Å². The second-order valence-corrected chi connectivity index (χ2v) is 12.8. The van der Waals surface area contributed by atoms with Gasteiger partial charge in [-0.2, -0.15) is 0 Å². The molecular weight excluding hydrogens is 563 g/mol. The lowest BCUT2D eigenvalue weighted by Gasteiger charge is -2.28. The predicted octanol–water partition coefficient (Wildman–Crippen LogP) is 2.95.